The zero-order valence-corrected chi connectivity index (χ0v) is 9.27. The number of aryl methyl sites for hydroxylation is 1. The topological polar surface area (TPSA) is 26.3 Å². The Morgan fingerprint density at radius 2 is 1.88 bits per heavy atom. The van der Waals surface area contributed by atoms with Gasteiger partial charge >= 0.3 is 0 Å². The molecule has 0 saturated carbocycles. The van der Waals surface area contributed by atoms with Crippen LogP contribution in [-0.4, -0.2) is 13.4 Å². The molecule has 82 valence electrons. The van der Waals surface area contributed by atoms with E-state index in [9.17, 15) is 4.79 Å². The molecular weight excluding hydrogens is 200 g/mol. The van der Waals surface area contributed by atoms with Gasteiger partial charge in [-0.3, -0.25) is 0 Å². The summed E-state index contributed by atoms with van der Waals surface area (Å²) in [5, 5.41) is 2.35. The van der Waals surface area contributed by atoms with E-state index in [0.29, 0.717) is 6.42 Å². The van der Waals surface area contributed by atoms with Gasteiger partial charge in [-0.1, -0.05) is 24.3 Å². The summed E-state index contributed by atoms with van der Waals surface area (Å²) in [6.45, 7) is 0. The van der Waals surface area contributed by atoms with Gasteiger partial charge < -0.3 is 9.53 Å². The van der Waals surface area contributed by atoms with Crippen LogP contribution in [-0.2, 0) is 11.2 Å². The Labute approximate surface area is 94.8 Å². The van der Waals surface area contributed by atoms with E-state index in [1.165, 1.54) is 10.9 Å². The number of rotatable bonds is 4. The molecule has 2 aromatic rings. The van der Waals surface area contributed by atoms with Crippen molar-refractivity contribution in [2.24, 2.45) is 0 Å². The van der Waals surface area contributed by atoms with Crippen molar-refractivity contribution in [3.63, 3.8) is 0 Å². The predicted molar refractivity (Wildman–Crippen MR) is 64.9 cm³/mol. The highest BCUT2D eigenvalue weighted by Gasteiger charge is 1.98. The summed E-state index contributed by atoms with van der Waals surface area (Å²) in [6.07, 6.45) is 2.35. The number of hydrogen-bond acceptors (Lipinski definition) is 2. The SMILES string of the molecule is COc1ccc2cc(CCC=O)ccc2c1. The van der Waals surface area contributed by atoms with Crippen LogP contribution in [0, 0.1) is 0 Å². The van der Waals surface area contributed by atoms with E-state index in [0.717, 1.165) is 23.8 Å². The molecule has 0 radical (unpaired) electrons. The van der Waals surface area contributed by atoms with Crippen LogP contribution in [0.25, 0.3) is 10.8 Å². The summed E-state index contributed by atoms with van der Waals surface area (Å²) in [5.74, 6) is 0.869. The Balaban J connectivity index is 2.35. The first kappa shape index (κ1) is 10.7. The van der Waals surface area contributed by atoms with Gasteiger partial charge in [-0.25, -0.2) is 0 Å². The second-order valence-electron chi connectivity index (χ2n) is 3.75. The second kappa shape index (κ2) is 4.79. The van der Waals surface area contributed by atoms with Crippen molar-refractivity contribution in [2.45, 2.75) is 12.8 Å². The van der Waals surface area contributed by atoms with Crippen molar-refractivity contribution >= 4 is 17.1 Å². The average molecular weight is 214 g/mol. The van der Waals surface area contributed by atoms with Crippen LogP contribution in [0.5, 0.6) is 5.75 Å². The lowest BCUT2D eigenvalue weighted by atomic mass is 10.0. The Morgan fingerprint density at radius 3 is 2.62 bits per heavy atom. The van der Waals surface area contributed by atoms with Crippen LogP contribution >= 0.6 is 0 Å². The zero-order chi connectivity index (χ0) is 11.4. The minimum absolute atomic E-state index is 0.585. The molecule has 0 saturated heterocycles. The van der Waals surface area contributed by atoms with E-state index >= 15 is 0 Å². The molecular formula is C14H14O2. The number of benzene rings is 2. The third-order valence-corrected chi connectivity index (χ3v) is 2.66. The number of aldehydes is 1. The number of methoxy groups -OCH3 is 1. The Morgan fingerprint density at radius 1 is 1.12 bits per heavy atom. The first-order valence-electron chi connectivity index (χ1n) is 5.34. The first-order valence-corrected chi connectivity index (χ1v) is 5.34. The maximum absolute atomic E-state index is 10.3. The molecule has 0 fully saturated rings. The smallest absolute Gasteiger partial charge is 0.120 e. The molecule has 0 unspecified atom stereocenters. The van der Waals surface area contributed by atoms with Gasteiger partial charge in [0.1, 0.15) is 12.0 Å². The molecule has 2 rings (SSSR count). The quantitative estimate of drug-likeness (QED) is 0.731. The molecule has 16 heavy (non-hydrogen) atoms. The largest absolute Gasteiger partial charge is 0.497 e. The van der Waals surface area contributed by atoms with Crippen molar-refractivity contribution in [1.29, 1.82) is 0 Å². The second-order valence-corrected chi connectivity index (χ2v) is 3.75. The van der Waals surface area contributed by atoms with Crippen molar-refractivity contribution in [2.75, 3.05) is 7.11 Å². The highest BCUT2D eigenvalue weighted by atomic mass is 16.5. The molecule has 0 aliphatic carbocycles. The zero-order valence-electron chi connectivity index (χ0n) is 9.27. The van der Waals surface area contributed by atoms with Crippen LogP contribution in [0.2, 0.25) is 0 Å². The lowest BCUT2D eigenvalue weighted by Crippen LogP contribution is -1.87. The summed E-state index contributed by atoms with van der Waals surface area (Å²) in [6, 6.07) is 12.3. The molecule has 0 spiro atoms. The third kappa shape index (κ3) is 2.22. The van der Waals surface area contributed by atoms with Crippen molar-refractivity contribution in [1.82, 2.24) is 0 Å². The van der Waals surface area contributed by atoms with Gasteiger partial charge in [0.05, 0.1) is 7.11 Å². The molecule has 2 aromatic carbocycles. The normalized spacial score (nSPS) is 10.3. The summed E-state index contributed by atoms with van der Waals surface area (Å²) in [4.78, 5) is 10.3. The fourth-order valence-corrected chi connectivity index (χ4v) is 1.78. The minimum atomic E-state index is 0.585. The van der Waals surface area contributed by atoms with E-state index in [-0.39, 0.29) is 0 Å². The van der Waals surface area contributed by atoms with E-state index in [2.05, 4.69) is 18.2 Å². The number of carbonyl (C=O) groups excluding carboxylic acids is 1. The van der Waals surface area contributed by atoms with E-state index in [1.807, 2.05) is 18.2 Å². The van der Waals surface area contributed by atoms with Crippen LogP contribution in [0.3, 0.4) is 0 Å². The van der Waals surface area contributed by atoms with Crippen LogP contribution in [0.15, 0.2) is 36.4 Å². The molecule has 2 heteroatoms. The molecule has 0 heterocycles. The van der Waals surface area contributed by atoms with Crippen LogP contribution < -0.4 is 4.74 Å². The maximum atomic E-state index is 10.3. The summed E-state index contributed by atoms with van der Waals surface area (Å²) in [5.41, 5.74) is 1.20. The lowest BCUT2D eigenvalue weighted by molar-refractivity contribution is -0.107. The standard InChI is InChI=1S/C14H14O2/c1-16-14-7-6-12-9-11(3-2-8-15)4-5-13(12)10-14/h4-10H,2-3H2,1H3. The Bertz CT molecular complexity index is 503. The van der Waals surface area contributed by atoms with Crippen LogP contribution in [0.4, 0.5) is 0 Å². The van der Waals surface area contributed by atoms with Crippen molar-refractivity contribution in [3.05, 3.63) is 42.0 Å². The molecule has 0 bridgehead atoms. The summed E-state index contributed by atoms with van der Waals surface area (Å²) < 4.78 is 5.17. The third-order valence-electron chi connectivity index (χ3n) is 2.66. The van der Waals surface area contributed by atoms with E-state index < -0.39 is 0 Å². The molecule has 0 atom stereocenters. The molecule has 2 nitrogen and oxygen atoms in total. The van der Waals surface area contributed by atoms with Crippen molar-refractivity contribution in [3.8, 4) is 5.75 Å². The maximum Gasteiger partial charge on any atom is 0.120 e. The molecule has 0 amide bonds. The molecule has 0 aliphatic rings. The number of carbonyl (C=O) groups is 1. The Kier molecular flexibility index (Phi) is 3.20. The average Bonchev–Trinajstić information content (AvgIpc) is 2.35. The van der Waals surface area contributed by atoms with Gasteiger partial charge in [-0.05, 0) is 34.9 Å². The first-order chi connectivity index (χ1) is 7.83. The molecule has 0 N–H and O–H groups in total. The van der Waals surface area contributed by atoms with Crippen molar-refractivity contribution < 1.29 is 9.53 Å². The van der Waals surface area contributed by atoms with Gasteiger partial charge in [0, 0.05) is 6.42 Å². The highest BCUT2D eigenvalue weighted by molar-refractivity contribution is 5.84. The highest BCUT2D eigenvalue weighted by Crippen LogP contribution is 2.22. The van der Waals surface area contributed by atoms with E-state index in [4.69, 9.17) is 4.74 Å². The minimum Gasteiger partial charge on any atom is -0.497 e. The Hall–Kier alpha value is -1.83. The number of fused-ring (bicyclic) bond motifs is 1. The molecule has 0 aromatic heterocycles. The van der Waals surface area contributed by atoms with Gasteiger partial charge in [0.15, 0.2) is 0 Å². The van der Waals surface area contributed by atoms with Gasteiger partial charge in [0.25, 0.3) is 0 Å². The predicted octanol–water partition coefficient (Wildman–Crippen LogP) is 2.98. The fraction of sp³-hybridized carbons (Fsp3) is 0.214. The van der Waals surface area contributed by atoms with Crippen LogP contribution in [0.1, 0.15) is 12.0 Å². The summed E-state index contributed by atoms with van der Waals surface area (Å²) in [7, 11) is 1.67. The van der Waals surface area contributed by atoms with E-state index in [1.54, 1.807) is 7.11 Å². The van der Waals surface area contributed by atoms with Gasteiger partial charge in [-0.15, -0.1) is 0 Å². The lowest BCUT2D eigenvalue weighted by Gasteiger charge is -2.04. The van der Waals surface area contributed by atoms with Gasteiger partial charge in [0.2, 0.25) is 0 Å². The number of hydrogen-bond donors (Lipinski definition) is 0. The summed E-state index contributed by atoms with van der Waals surface area (Å²) >= 11 is 0. The monoisotopic (exact) mass is 214 g/mol. The molecule has 0 aliphatic heterocycles. The fourth-order valence-electron chi connectivity index (χ4n) is 1.78. The number of ether oxygens (including phenoxy) is 1. The van der Waals surface area contributed by atoms with Gasteiger partial charge in [-0.2, -0.15) is 0 Å².